The van der Waals surface area contributed by atoms with E-state index in [4.69, 9.17) is 5.11 Å². The Kier molecular flexibility index (Phi) is 5.07. The number of thiol groups is 1. The number of aliphatic carboxylic acids is 1. The molecule has 0 aromatic carbocycles. The van der Waals surface area contributed by atoms with Crippen molar-refractivity contribution < 1.29 is 19.4 Å². The Labute approximate surface area is 87.5 Å². The van der Waals surface area contributed by atoms with Crippen LogP contribution in [0.5, 0.6) is 0 Å². The zero-order chi connectivity index (χ0) is 11.2. The van der Waals surface area contributed by atoms with Crippen LogP contribution in [0, 0.1) is 0 Å². The summed E-state index contributed by atoms with van der Waals surface area (Å²) < 4.78 is 4.57. The van der Waals surface area contributed by atoms with E-state index in [2.05, 4.69) is 29.3 Å². The smallest absolute Gasteiger partial charge is 0.408 e. The van der Waals surface area contributed by atoms with Crippen LogP contribution in [0.15, 0.2) is 12.7 Å². The van der Waals surface area contributed by atoms with E-state index in [1.54, 1.807) is 0 Å². The summed E-state index contributed by atoms with van der Waals surface area (Å²) in [5.41, 5.74) is -1.42. The molecule has 0 aliphatic carbocycles. The van der Waals surface area contributed by atoms with E-state index in [0.29, 0.717) is 0 Å². The molecule has 2 N–H and O–H groups in total. The van der Waals surface area contributed by atoms with Crippen molar-refractivity contribution in [3.63, 3.8) is 0 Å². The Bertz CT molecular complexity index is 243. The number of alkyl carbamates (subject to hydrolysis) is 1. The lowest BCUT2D eigenvalue weighted by atomic mass is 10.1. The van der Waals surface area contributed by atoms with E-state index in [9.17, 15) is 9.59 Å². The summed E-state index contributed by atoms with van der Waals surface area (Å²) in [5.74, 6) is -1.19. The van der Waals surface area contributed by atoms with Crippen LogP contribution < -0.4 is 5.32 Å². The third-order valence-corrected chi connectivity index (χ3v) is 2.13. The van der Waals surface area contributed by atoms with Crippen LogP contribution in [-0.4, -0.2) is 35.1 Å². The number of rotatable bonds is 5. The van der Waals surface area contributed by atoms with Gasteiger partial charge in [0.15, 0.2) is 0 Å². The Morgan fingerprint density at radius 2 is 2.29 bits per heavy atom. The molecule has 80 valence electrons. The normalized spacial score (nSPS) is 13.9. The second-order valence-corrected chi connectivity index (χ2v) is 3.12. The fourth-order valence-corrected chi connectivity index (χ4v) is 0.771. The molecule has 0 unspecified atom stereocenters. The van der Waals surface area contributed by atoms with Crippen LogP contribution in [0.4, 0.5) is 4.79 Å². The van der Waals surface area contributed by atoms with Gasteiger partial charge in [0.25, 0.3) is 0 Å². The first kappa shape index (κ1) is 12.8. The van der Waals surface area contributed by atoms with E-state index in [1.165, 1.54) is 13.0 Å². The van der Waals surface area contributed by atoms with Crippen molar-refractivity contribution in [3.05, 3.63) is 12.7 Å². The molecule has 0 fully saturated rings. The van der Waals surface area contributed by atoms with Crippen molar-refractivity contribution in [3.8, 4) is 0 Å². The molecule has 0 radical (unpaired) electrons. The lowest BCUT2D eigenvalue weighted by Gasteiger charge is -2.23. The van der Waals surface area contributed by atoms with E-state index in [0.717, 1.165) is 0 Å². The van der Waals surface area contributed by atoms with Gasteiger partial charge in [0.2, 0.25) is 0 Å². The van der Waals surface area contributed by atoms with Gasteiger partial charge in [-0.15, -0.1) is 0 Å². The van der Waals surface area contributed by atoms with Gasteiger partial charge in [-0.2, -0.15) is 12.6 Å². The standard InChI is InChI=1S/C8H13NO4S/c1-3-4-13-7(12)9-8(2,5-14)6(10)11/h3,14H,1,4-5H2,2H3,(H,9,12)(H,10,11)/t8-/m0/s1. The van der Waals surface area contributed by atoms with Crippen molar-refractivity contribution in [2.75, 3.05) is 12.4 Å². The van der Waals surface area contributed by atoms with Gasteiger partial charge in [-0.05, 0) is 6.92 Å². The highest BCUT2D eigenvalue weighted by Crippen LogP contribution is 2.06. The van der Waals surface area contributed by atoms with Crippen molar-refractivity contribution in [1.29, 1.82) is 0 Å². The second kappa shape index (κ2) is 5.54. The molecule has 0 aliphatic heterocycles. The number of carboxylic acids is 1. The predicted molar refractivity (Wildman–Crippen MR) is 54.6 cm³/mol. The first-order chi connectivity index (χ1) is 6.46. The SMILES string of the molecule is C=CCOC(=O)N[C@@](C)(CS)C(=O)O. The minimum atomic E-state index is -1.42. The molecule has 0 aromatic rings. The van der Waals surface area contributed by atoms with Crippen molar-refractivity contribution in [2.24, 2.45) is 0 Å². The minimum Gasteiger partial charge on any atom is -0.479 e. The average molecular weight is 219 g/mol. The average Bonchev–Trinajstić information content (AvgIpc) is 2.14. The van der Waals surface area contributed by atoms with Gasteiger partial charge >= 0.3 is 12.1 Å². The summed E-state index contributed by atoms with van der Waals surface area (Å²) in [6.07, 6.45) is 0.585. The fraction of sp³-hybridized carbons (Fsp3) is 0.500. The molecule has 14 heavy (non-hydrogen) atoms. The van der Waals surface area contributed by atoms with Gasteiger partial charge in [0.05, 0.1) is 0 Å². The van der Waals surface area contributed by atoms with Crippen LogP contribution in [0.1, 0.15) is 6.92 Å². The molecule has 0 spiro atoms. The van der Waals surface area contributed by atoms with E-state index < -0.39 is 17.6 Å². The first-order valence-corrected chi connectivity index (χ1v) is 4.49. The molecule has 0 aliphatic rings. The fourth-order valence-electron chi connectivity index (χ4n) is 0.557. The van der Waals surface area contributed by atoms with Crippen LogP contribution in [0.3, 0.4) is 0 Å². The number of carbonyl (C=O) groups excluding carboxylic acids is 1. The molecule has 0 saturated carbocycles. The van der Waals surface area contributed by atoms with E-state index >= 15 is 0 Å². The summed E-state index contributed by atoms with van der Waals surface area (Å²) in [5, 5.41) is 11.0. The molecule has 6 heteroatoms. The molecular formula is C8H13NO4S. The highest BCUT2D eigenvalue weighted by Gasteiger charge is 2.33. The maximum absolute atomic E-state index is 11.0. The largest absolute Gasteiger partial charge is 0.479 e. The summed E-state index contributed by atoms with van der Waals surface area (Å²) in [4.78, 5) is 21.7. The number of carbonyl (C=O) groups is 2. The predicted octanol–water partition coefficient (Wildman–Crippen LogP) is 0.672. The third kappa shape index (κ3) is 3.69. The van der Waals surface area contributed by atoms with Crippen molar-refractivity contribution in [2.45, 2.75) is 12.5 Å². The van der Waals surface area contributed by atoms with Crippen LogP contribution in [-0.2, 0) is 9.53 Å². The van der Waals surface area contributed by atoms with Gasteiger partial charge in [-0.25, -0.2) is 9.59 Å². The summed E-state index contributed by atoms with van der Waals surface area (Å²) in [7, 11) is 0. The number of hydrogen-bond acceptors (Lipinski definition) is 4. The maximum atomic E-state index is 11.0. The number of carboxylic acid groups (broad SMARTS) is 1. The highest BCUT2D eigenvalue weighted by molar-refractivity contribution is 7.80. The van der Waals surface area contributed by atoms with Crippen LogP contribution in [0.2, 0.25) is 0 Å². The number of ether oxygens (including phenoxy) is 1. The third-order valence-electron chi connectivity index (χ3n) is 1.50. The maximum Gasteiger partial charge on any atom is 0.408 e. The van der Waals surface area contributed by atoms with Crippen LogP contribution >= 0.6 is 12.6 Å². The van der Waals surface area contributed by atoms with Gasteiger partial charge < -0.3 is 15.2 Å². The van der Waals surface area contributed by atoms with Gasteiger partial charge in [-0.3, -0.25) is 0 Å². The summed E-state index contributed by atoms with van der Waals surface area (Å²) in [6, 6.07) is 0. The highest BCUT2D eigenvalue weighted by atomic mass is 32.1. The number of hydrogen-bond donors (Lipinski definition) is 3. The van der Waals surface area contributed by atoms with Gasteiger partial charge in [-0.1, -0.05) is 12.7 Å². The van der Waals surface area contributed by atoms with Crippen molar-refractivity contribution in [1.82, 2.24) is 5.32 Å². The van der Waals surface area contributed by atoms with Crippen LogP contribution in [0.25, 0.3) is 0 Å². The lowest BCUT2D eigenvalue weighted by molar-refractivity contribution is -0.142. The number of nitrogens with one attached hydrogen (secondary N) is 1. The topological polar surface area (TPSA) is 75.6 Å². The molecule has 0 aromatic heterocycles. The molecular weight excluding hydrogens is 206 g/mol. The Morgan fingerprint density at radius 1 is 1.71 bits per heavy atom. The molecule has 0 bridgehead atoms. The van der Waals surface area contributed by atoms with Gasteiger partial charge in [0, 0.05) is 5.75 Å². The Balaban J connectivity index is 4.24. The second-order valence-electron chi connectivity index (χ2n) is 2.81. The van der Waals surface area contributed by atoms with E-state index in [-0.39, 0.29) is 12.4 Å². The van der Waals surface area contributed by atoms with E-state index in [1.807, 2.05) is 0 Å². The first-order valence-electron chi connectivity index (χ1n) is 3.86. The molecule has 0 saturated heterocycles. The van der Waals surface area contributed by atoms with Crippen molar-refractivity contribution >= 4 is 24.7 Å². The molecule has 0 heterocycles. The Morgan fingerprint density at radius 3 is 2.64 bits per heavy atom. The molecule has 5 nitrogen and oxygen atoms in total. The monoisotopic (exact) mass is 219 g/mol. The lowest BCUT2D eigenvalue weighted by Crippen LogP contribution is -2.53. The zero-order valence-electron chi connectivity index (χ0n) is 7.82. The minimum absolute atomic E-state index is 0.0223. The molecule has 0 rings (SSSR count). The molecule has 1 atom stereocenters. The Hall–Kier alpha value is -1.17. The quantitative estimate of drug-likeness (QED) is 0.469. The van der Waals surface area contributed by atoms with Gasteiger partial charge in [0.1, 0.15) is 12.1 Å². The summed E-state index contributed by atoms with van der Waals surface area (Å²) in [6.45, 7) is 4.73. The zero-order valence-corrected chi connectivity index (χ0v) is 8.71. The molecule has 1 amide bonds. The number of amides is 1. The summed E-state index contributed by atoms with van der Waals surface area (Å²) >= 11 is 3.83.